The minimum absolute atomic E-state index is 0. The average Bonchev–Trinajstić information content (AvgIpc) is 3.07. The monoisotopic (exact) mass is 376 g/mol. The number of para-hydroxylation sites is 1. The molecule has 6 heteroatoms. The van der Waals surface area contributed by atoms with Gasteiger partial charge in [0.05, 0.1) is 37.2 Å². The van der Waals surface area contributed by atoms with Gasteiger partial charge in [-0.2, -0.15) is 0 Å². The predicted molar refractivity (Wildman–Crippen MR) is 94.0 cm³/mol. The van der Waals surface area contributed by atoms with E-state index in [-0.39, 0.29) is 29.7 Å². The van der Waals surface area contributed by atoms with E-state index in [0.717, 1.165) is 41.8 Å². The smallest absolute Gasteiger partial charge is 0.333 e. The van der Waals surface area contributed by atoms with Crippen molar-refractivity contribution < 1.29 is 31.9 Å². The number of likely N-dealkylation sites (N-methyl/N-ethyl adjacent to an activating group) is 1. The molecular weight excluding hydrogens is 352 g/mol. The number of aliphatic hydroxyl groups excluding tert-OH is 1. The number of fused-ring (bicyclic) bond motifs is 2. The Morgan fingerprint density at radius 1 is 1.38 bits per heavy atom. The van der Waals surface area contributed by atoms with E-state index in [1.54, 1.807) is 0 Å². The third-order valence-electron chi connectivity index (χ3n) is 7.56. The number of nitrogens with one attached hydrogen (secondary N) is 1. The Hall–Kier alpha value is -1.56. The molecule has 6 atom stereocenters. The maximum Gasteiger partial charge on any atom is 0.333 e. The molecule has 0 saturated carbocycles. The van der Waals surface area contributed by atoms with Crippen LogP contribution in [0.15, 0.2) is 35.5 Å². The normalized spacial score (nSPS) is 40.2. The third kappa shape index (κ3) is 1.91. The van der Waals surface area contributed by atoms with Crippen LogP contribution in [0.5, 0.6) is 0 Å². The van der Waals surface area contributed by atoms with Crippen molar-refractivity contribution >= 4 is 11.7 Å². The highest BCUT2D eigenvalue weighted by Gasteiger charge is 2.69. The Balaban J connectivity index is 0.00000168. The molecule has 1 unspecified atom stereocenters. The first-order valence-electron chi connectivity index (χ1n) is 9.25. The molecule has 2 bridgehead atoms. The summed E-state index contributed by atoms with van der Waals surface area (Å²) in [5, 5.41) is 24.0. The predicted octanol–water partition coefficient (Wildman–Crippen LogP) is -1.06. The van der Waals surface area contributed by atoms with Crippen LogP contribution in [-0.4, -0.2) is 52.9 Å². The molecule has 140 valence electrons. The van der Waals surface area contributed by atoms with Crippen LogP contribution >= 0.6 is 0 Å². The van der Waals surface area contributed by atoms with Crippen molar-refractivity contribution in [2.75, 3.05) is 25.5 Å². The highest BCUT2D eigenvalue weighted by Crippen LogP contribution is 2.63. The first kappa shape index (κ1) is 17.8. The summed E-state index contributed by atoms with van der Waals surface area (Å²) < 4.78 is 0.943. The first-order valence-corrected chi connectivity index (χ1v) is 9.25. The number of benzene rings is 1. The van der Waals surface area contributed by atoms with E-state index in [0.29, 0.717) is 11.6 Å². The molecule has 26 heavy (non-hydrogen) atoms. The Morgan fingerprint density at radius 2 is 2.12 bits per heavy atom. The Labute approximate surface area is 159 Å². The summed E-state index contributed by atoms with van der Waals surface area (Å²) in [5.41, 5.74) is 3.57. The van der Waals surface area contributed by atoms with E-state index >= 15 is 0 Å². The van der Waals surface area contributed by atoms with Crippen LogP contribution in [0, 0.1) is 11.8 Å². The number of halogens is 1. The van der Waals surface area contributed by atoms with Gasteiger partial charge in [-0.25, -0.2) is 4.79 Å². The lowest BCUT2D eigenvalue weighted by molar-refractivity contribution is -0.933. The molecule has 1 aromatic rings. The maximum absolute atomic E-state index is 12.3. The summed E-state index contributed by atoms with van der Waals surface area (Å²) in [7, 11) is 2.30. The van der Waals surface area contributed by atoms with Crippen molar-refractivity contribution in [2.45, 2.75) is 37.3 Å². The molecule has 0 amide bonds. The van der Waals surface area contributed by atoms with Gasteiger partial charge in [-0.3, -0.25) is 0 Å². The molecular formula is C20H25ClN2O3. The SMILES string of the molecule is C[C@H](O)[C@@H]1C[N+]2(C)CC[C@]34C(=C(C(=O)O)[C@H]1C[C@@H]32)Nc1ccccc14.[Cl-]. The van der Waals surface area contributed by atoms with Gasteiger partial charge in [0.1, 0.15) is 6.04 Å². The van der Waals surface area contributed by atoms with Crippen LogP contribution < -0.4 is 17.7 Å². The van der Waals surface area contributed by atoms with Crippen LogP contribution in [0.1, 0.15) is 25.3 Å². The van der Waals surface area contributed by atoms with Crippen molar-refractivity contribution in [3.63, 3.8) is 0 Å². The fourth-order valence-electron chi connectivity index (χ4n) is 6.53. The number of carboxylic acid groups (broad SMARTS) is 1. The molecule has 3 N–H and O–H groups in total. The van der Waals surface area contributed by atoms with Crippen molar-refractivity contribution in [3.05, 3.63) is 41.1 Å². The molecule has 0 aromatic heterocycles. The van der Waals surface area contributed by atoms with Gasteiger partial charge in [-0.15, -0.1) is 0 Å². The highest BCUT2D eigenvalue weighted by molar-refractivity contribution is 5.92. The molecule has 2 saturated heterocycles. The lowest BCUT2D eigenvalue weighted by Gasteiger charge is -2.54. The number of aliphatic hydroxyl groups is 1. The molecule has 5 nitrogen and oxygen atoms in total. The molecule has 3 aliphatic heterocycles. The lowest BCUT2D eigenvalue weighted by Crippen LogP contribution is -3.00. The zero-order valence-corrected chi connectivity index (χ0v) is 15.8. The summed E-state index contributed by atoms with van der Waals surface area (Å²) >= 11 is 0. The quantitative estimate of drug-likeness (QED) is 0.576. The third-order valence-corrected chi connectivity index (χ3v) is 7.56. The van der Waals surface area contributed by atoms with Gasteiger partial charge in [0.25, 0.3) is 0 Å². The van der Waals surface area contributed by atoms with E-state index in [9.17, 15) is 15.0 Å². The molecule has 1 aliphatic carbocycles. The second-order valence-corrected chi connectivity index (χ2v) is 8.63. The standard InChI is InChI=1S/C20H24N2O3.ClH/c1-11(23)13-10-22(2)8-7-20-14-5-3-4-6-15(14)21-18(20)17(19(24)25)12(13)9-16(20)22;/h3-6,11-13,16,21,23H,7-10H2,1-2H3;1H/t11-,12-,13-,16-,20+,22?;/m0./s1. The summed E-state index contributed by atoms with van der Waals surface area (Å²) in [5.74, 6) is -0.898. The number of carbonyl (C=O) groups is 1. The Kier molecular flexibility index (Phi) is 3.75. The Bertz CT molecular complexity index is 823. The molecule has 3 heterocycles. The van der Waals surface area contributed by atoms with Gasteiger partial charge in [-0.1, -0.05) is 18.2 Å². The molecule has 0 radical (unpaired) electrons. The second kappa shape index (κ2) is 5.47. The van der Waals surface area contributed by atoms with Gasteiger partial charge in [0, 0.05) is 36.1 Å². The van der Waals surface area contributed by atoms with E-state index in [2.05, 4.69) is 30.6 Å². The average molecular weight is 377 g/mol. The number of rotatable bonds is 2. The van der Waals surface area contributed by atoms with Gasteiger partial charge in [0.15, 0.2) is 0 Å². The Morgan fingerprint density at radius 3 is 2.81 bits per heavy atom. The number of piperidine rings is 1. The van der Waals surface area contributed by atoms with E-state index in [4.69, 9.17) is 0 Å². The first-order chi connectivity index (χ1) is 11.9. The lowest BCUT2D eigenvalue weighted by atomic mass is 9.59. The van der Waals surface area contributed by atoms with Crippen LogP contribution in [0.4, 0.5) is 5.69 Å². The van der Waals surface area contributed by atoms with E-state index in [1.165, 1.54) is 5.56 Å². The minimum atomic E-state index is -0.827. The van der Waals surface area contributed by atoms with Crippen LogP contribution in [0.2, 0.25) is 0 Å². The fourth-order valence-corrected chi connectivity index (χ4v) is 6.53. The summed E-state index contributed by atoms with van der Waals surface area (Å²) in [4.78, 5) is 12.3. The van der Waals surface area contributed by atoms with Crippen LogP contribution in [0.3, 0.4) is 0 Å². The number of hydrogen-bond donors (Lipinski definition) is 3. The van der Waals surface area contributed by atoms with Gasteiger partial charge in [-0.05, 0) is 18.6 Å². The van der Waals surface area contributed by atoms with Crippen LogP contribution in [0.25, 0.3) is 0 Å². The van der Waals surface area contributed by atoms with Crippen molar-refractivity contribution in [1.29, 1.82) is 0 Å². The number of aliphatic carboxylic acids is 1. The maximum atomic E-state index is 12.3. The zero-order chi connectivity index (χ0) is 17.6. The second-order valence-electron chi connectivity index (χ2n) is 8.63. The topological polar surface area (TPSA) is 69.6 Å². The molecule has 1 aromatic carbocycles. The van der Waals surface area contributed by atoms with Crippen molar-refractivity contribution in [3.8, 4) is 0 Å². The number of anilines is 1. The summed E-state index contributed by atoms with van der Waals surface area (Å²) in [6.07, 6.45) is 1.34. The van der Waals surface area contributed by atoms with Crippen molar-refractivity contribution in [1.82, 2.24) is 0 Å². The van der Waals surface area contributed by atoms with E-state index < -0.39 is 12.1 Å². The largest absolute Gasteiger partial charge is 1.00 e. The summed E-state index contributed by atoms with van der Waals surface area (Å²) in [6.45, 7) is 3.71. The summed E-state index contributed by atoms with van der Waals surface area (Å²) in [6, 6.07) is 8.70. The van der Waals surface area contributed by atoms with Crippen molar-refractivity contribution in [2.24, 2.45) is 11.8 Å². The highest BCUT2D eigenvalue weighted by atomic mass is 35.5. The van der Waals surface area contributed by atoms with Gasteiger partial charge < -0.3 is 32.4 Å². The fraction of sp³-hybridized carbons (Fsp3) is 0.550. The number of carboxylic acids is 1. The van der Waals surface area contributed by atoms with E-state index in [1.807, 2.05) is 13.0 Å². The number of hydrogen-bond acceptors (Lipinski definition) is 3. The van der Waals surface area contributed by atoms with Gasteiger partial charge in [0.2, 0.25) is 0 Å². The zero-order valence-electron chi connectivity index (χ0n) is 15.1. The molecule has 2 fully saturated rings. The molecule has 4 aliphatic rings. The van der Waals surface area contributed by atoms with Crippen LogP contribution in [-0.2, 0) is 10.2 Å². The number of nitrogens with zero attached hydrogens (tertiary/aromatic N) is 1. The van der Waals surface area contributed by atoms with Gasteiger partial charge >= 0.3 is 5.97 Å². The molecule has 5 rings (SSSR count). The molecule has 1 spiro atoms. The number of quaternary nitrogens is 1. The minimum Gasteiger partial charge on any atom is -1.00 e.